The zero-order valence-corrected chi connectivity index (χ0v) is 23.9. The molecule has 2 aromatic carbocycles. The van der Waals surface area contributed by atoms with Gasteiger partial charge in [0, 0.05) is 23.6 Å². The Morgan fingerprint density at radius 2 is 1.84 bits per heavy atom. The number of Topliss-reactive ketones (excluding diaryl/α,β-unsaturated/α-hetero) is 1. The number of carboxylic acids is 1. The number of aliphatic carboxylic acids is 1. The number of nitrogens with zero attached hydrogens (tertiary/aromatic N) is 3. The van der Waals surface area contributed by atoms with Crippen molar-refractivity contribution in [3.63, 3.8) is 0 Å². The lowest BCUT2D eigenvalue weighted by molar-refractivity contribution is -0.176. The van der Waals surface area contributed by atoms with E-state index >= 15 is 0 Å². The number of fused-ring (bicyclic) bond motifs is 2. The Kier molecular flexibility index (Phi) is 8.64. The number of ketones is 1. The fourth-order valence-electron chi connectivity index (χ4n) is 5.10. The molecule has 0 spiro atoms. The zero-order chi connectivity index (χ0) is 30.8. The molecule has 3 aromatic rings. The van der Waals surface area contributed by atoms with Crippen LogP contribution in [-0.4, -0.2) is 80.2 Å². The van der Waals surface area contributed by atoms with Crippen molar-refractivity contribution in [1.29, 1.82) is 0 Å². The highest BCUT2D eigenvalue weighted by Gasteiger charge is 2.45. The number of rotatable bonds is 8. The molecule has 43 heavy (non-hydrogen) atoms. The summed E-state index contributed by atoms with van der Waals surface area (Å²) in [7, 11) is 0. The first kappa shape index (κ1) is 30.0. The maximum atomic E-state index is 13.7. The van der Waals surface area contributed by atoms with Gasteiger partial charge in [-0.2, -0.15) is 0 Å². The summed E-state index contributed by atoms with van der Waals surface area (Å²) >= 11 is 12.1. The second-order valence-electron chi connectivity index (χ2n) is 10.1. The van der Waals surface area contributed by atoms with E-state index in [0.717, 1.165) is 5.01 Å². The van der Waals surface area contributed by atoms with E-state index in [1.165, 1.54) is 17.1 Å². The highest BCUT2D eigenvalue weighted by Crippen LogP contribution is 2.29. The molecule has 3 N–H and O–H groups in total. The van der Waals surface area contributed by atoms with Crippen LogP contribution in [0, 0.1) is 0 Å². The number of hydrogen-bond acceptors (Lipinski definition) is 8. The summed E-state index contributed by atoms with van der Waals surface area (Å²) in [5, 5.41) is 17.0. The summed E-state index contributed by atoms with van der Waals surface area (Å²) in [6, 6.07) is 6.99. The van der Waals surface area contributed by atoms with Crippen LogP contribution in [0.4, 0.5) is 0 Å². The number of benzene rings is 2. The quantitative estimate of drug-likeness (QED) is 0.316. The van der Waals surface area contributed by atoms with Gasteiger partial charge >= 0.3 is 5.97 Å². The lowest BCUT2D eigenvalue weighted by Gasteiger charge is -2.43. The van der Waals surface area contributed by atoms with E-state index in [9.17, 15) is 33.9 Å². The van der Waals surface area contributed by atoms with Crippen molar-refractivity contribution in [2.75, 3.05) is 6.54 Å². The first-order valence-electron chi connectivity index (χ1n) is 13.3. The number of hydrazine groups is 1. The number of halogens is 2. The fourth-order valence-corrected chi connectivity index (χ4v) is 5.62. The number of carbonyl (C=O) groups excluding carboxylic acids is 5. The molecule has 3 unspecified atom stereocenters. The average Bonchev–Trinajstić information content (AvgIpc) is 3.37. The smallest absolute Gasteiger partial charge is 0.305 e. The number of nitrogens with one attached hydrogen (secondary N) is 2. The Bertz CT molecular complexity index is 1630. The van der Waals surface area contributed by atoms with Crippen LogP contribution in [0.5, 0.6) is 0 Å². The van der Waals surface area contributed by atoms with Gasteiger partial charge in [0.25, 0.3) is 17.7 Å². The second kappa shape index (κ2) is 12.4. The molecule has 0 radical (unpaired) electrons. The van der Waals surface area contributed by atoms with Gasteiger partial charge in [-0.15, -0.1) is 0 Å². The number of amides is 4. The van der Waals surface area contributed by atoms with Crippen LogP contribution >= 0.6 is 23.2 Å². The summed E-state index contributed by atoms with van der Waals surface area (Å²) in [5.74, 6) is -5.32. The lowest BCUT2D eigenvalue weighted by atomic mass is 10.0. The van der Waals surface area contributed by atoms with E-state index in [1.54, 1.807) is 30.3 Å². The van der Waals surface area contributed by atoms with Gasteiger partial charge in [0.15, 0.2) is 5.58 Å². The summed E-state index contributed by atoms with van der Waals surface area (Å²) < 4.78 is 5.47. The molecule has 0 bridgehead atoms. The van der Waals surface area contributed by atoms with Crippen molar-refractivity contribution < 1.29 is 38.3 Å². The van der Waals surface area contributed by atoms with Gasteiger partial charge in [0.05, 0.1) is 11.4 Å². The SMILES string of the molecule is O=C(O)CC(NC(=O)C1CCCN2C(=O)CCC(NC(=O)c3ccccc3)C(=O)N12)C(=O)c1nc2cc(Cl)cc(Cl)c2o1. The summed E-state index contributed by atoms with van der Waals surface area (Å²) in [6.07, 6.45) is -0.387. The van der Waals surface area contributed by atoms with Gasteiger partial charge in [-0.1, -0.05) is 41.4 Å². The van der Waals surface area contributed by atoms with Crippen LogP contribution in [0.15, 0.2) is 46.9 Å². The molecule has 13 nitrogen and oxygen atoms in total. The first-order valence-corrected chi connectivity index (χ1v) is 14.1. The van der Waals surface area contributed by atoms with Gasteiger partial charge in [-0.25, -0.2) is 9.99 Å². The topological polar surface area (TPSA) is 179 Å². The number of carboxylic acid groups (broad SMARTS) is 1. The third-order valence-corrected chi connectivity index (χ3v) is 7.64. The molecule has 1 aromatic heterocycles. The van der Waals surface area contributed by atoms with Crippen LogP contribution < -0.4 is 10.6 Å². The molecule has 2 saturated heterocycles. The number of oxazole rings is 1. The Balaban J connectivity index is 1.39. The third kappa shape index (κ3) is 6.32. The molecule has 2 fully saturated rings. The van der Waals surface area contributed by atoms with Crippen LogP contribution in [0.1, 0.15) is 53.1 Å². The standard InChI is InChI=1S/C28H25Cl2N5O8/c29-15-11-16(30)24-19(12-15)33-27(43-24)23(39)18(13-22(37)38)32-26(41)20-7-4-10-34-21(36)9-8-17(28(42)35(20)34)31-25(40)14-5-2-1-3-6-14/h1-3,5-6,11-12,17-18,20H,4,7-10,13H2,(H,31,40)(H,32,41)(H,37,38). The molecule has 2 aliphatic heterocycles. The molecular weight excluding hydrogens is 605 g/mol. The minimum Gasteiger partial charge on any atom is -0.481 e. The molecule has 5 rings (SSSR count). The number of hydrogen-bond donors (Lipinski definition) is 3. The minimum absolute atomic E-state index is 0.0159. The van der Waals surface area contributed by atoms with Gasteiger partial charge in [-0.3, -0.25) is 33.8 Å². The molecular formula is C28H25Cl2N5O8. The van der Waals surface area contributed by atoms with E-state index in [4.69, 9.17) is 27.6 Å². The normalized spacial score (nSPS) is 19.4. The van der Waals surface area contributed by atoms with E-state index in [1.807, 2.05) is 0 Å². The summed E-state index contributed by atoms with van der Waals surface area (Å²) in [6.45, 7) is 0.164. The van der Waals surface area contributed by atoms with Gasteiger partial charge < -0.3 is 20.2 Å². The van der Waals surface area contributed by atoms with E-state index in [-0.39, 0.29) is 47.0 Å². The van der Waals surface area contributed by atoms with Gasteiger partial charge in [0.2, 0.25) is 17.6 Å². The predicted molar refractivity (Wildman–Crippen MR) is 151 cm³/mol. The van der Waals surface area contributed by atoms with Gasteiger partial charge in [-0.05, 0) is 43.5 Å². The van der Waals surface area contributed by atoms with Crippen LogP contribution in [-0.2, 0) is 19.2 Å². The Morgan fingerprint density at radius 3 is 2.56 bits per heavy atom. The fraction of sp³-hybridized carbons (Fsp3) is 0.321. The molecule has 224 valence electrons. The highest BCUT2D eigenvalue weighted by atomic mass is 35.5. The van der Waals surface area contributed by atoms with E-state index in [0.29, 0.717) is 12.0 Å². The molecule has 2 aliphatic rings. The lowest BCUT2D eigenvalue weighted by Crippen LogP contribution is -2.64. The molecule has 0 saturated carbocycles. The largest absolute Gasteiger partial charge is 0.481 e. The van der Waals surface area contributed by atoms with Crippen molar-refractivity contribution in [2.45, 2.75) is 50.2 Å². The molecule has 3 atom stereocenters. The Labute approximate surface area is 254 Å². The zero-order valence-electron chi connectivity index (χ0n) is 22.4. The van der Waals surface area contributed by atoms with Crippen LogP contribution in [0.25, 0.3) is 11.1 Å². The van der Waals surface area contributed by atoms with Gasteiger partial charge in [0.1, 0.15) is 23.6 Å². The summed E-state index contributed by atoms with van der Waals surface area (Å²) in [4.78, 5) is 82.1. The maximum Gasteiger partial charge on any atom is 0.305 e. The van der Waals surface area contributed by atoms with E-state index < -0.39 is 65.8 Å². The van der Waals surface area contributed by atoms with Crippen molar-refractivity contribution in [3.8, 4) is 0 Å². The summed E-state index contributed by atoms with van der Waals surface area (Å²) in [5.41, 5.74) is 0.518. The molecule has 3 heterocycles. The number of aromatic nitrogens is 1. The Morgan fingerprint density at radius 1 is 1.09 bits per heavy atom. The average molecular weight is 630 g/mol. The highest BCUT2D eigenvalue weighted by molar-refractivity contribution is 6.38. The van der Waals surface area contributed by atoms with E-state index in [2.05, 4.69) is 15.6 Å². The van der Waals surface area contributed by atoms with Crippen molar-refractivity contribution in [1.82, 2.24) is 25.6 Å². The first-order chi connectivity index (χ1) is 20.5. The predicted octanol–water partition coefficient (Wildman–Crippen LogP) is 2.60. The monoisotopic (exact) mass is 629 g/mol. The molecule has 15 heteroatoms. The van der Waals surface area contributed by atoms with Crippen LogP contribution in [0.3, 0.4) is 0 Å². The number of carbonyl (C=O) groups is 6. The Hall–Kier alpha value is -4.49. The maximum absolute atomic E-state index is 13.7. The van der Waals surface area contributed by atoms with Crippen molar-refractivity contribution >= 4 is 69.7 Å². The minimum atomic E-state index is -1.63. The van der Waals surface area contributed by atoms with Crippen molar-refractivity contribution in [3.05, 3.63) is 64.0 Å². The molecule has 0 aliphatic carbocycles. The third-order valence-electron chi connectivity index (χ3n) is 7.14. The molecule has 4 amide bonds. The second-order valence-corrected chi connectivity index (χ2v) is 10.9. The van der Waals surface area contributed by atoms with Crippen LogP contribution in [0.2, 0.25) is 10.0 Å². The van der Waals surface area contributed by atoms with Crippen molar-refractivity contribution in [2.24, 2.45) is 0 Å².